The monoisotopic (exact) mass is 520 g/mol. The fraction of sp³-hybridized carbons (Fsp3) is 0.290. The number of aromatic amines is 1. The highest BCUT2D eigenvalue weighted by atomic mass is 16.5. The number of H-pyrrole nitrogens is 1. The summed E-state index contributed by atoms with van der Waals surface area (Å²) in [4.78, 5) is 19.0. The first-order valence-corrected chi connectivity index (χ1v) is 13.5. The first-order chi connectivity index (χ1) is 19.2. The zero-order valence-corrected chi connectivity index (χ0v) is 22.0. The van der Waals surface area contributed by atoms with Crippen LogP contribution in [0.3, 0.4) is 0 Å². The summed E-state index contributed by atoms with van der Waals surface area (Å²) in [6.07, 6.45) is 3.16. The van der Waals surface area contributed by atoms with Gasteiger partial charge in [-0.05, 0) is 84.1 Å². The van der Waals surface area contributed by atoms with Gasteiger partial charge in [0.05, 0.1) is 13.7 Å². The third kappa shape index (κ3) is 5.47. The summed E-state index contributed by atoms with van der Waals surface area (Å²) in [6, 6.07) is 28.1. The molecule has 1 N–H and O–H groups in total. The van der Waals surface area contributed by atoms with Crippen LogP contribution in [-0.4, -0.2) is 50.3 Å². The number of likely N-dealkylation sites (tertiary alicyclic amines) is 1. The van der Waals surface area contributed by atoms with Gasteiger partial charge in [0.25, 0.3) is 5.56 Å². The van der Waals surface area contributed by atoms with Crippen LogP contribution in [0.5, 0.6) is 5.75 Å². The van der Waals surface area contributed by atoms with E-state index in [1.165, 1.54) is 5.56 Å². The third-order valence-corrected chi connectivity index (χ3v) is 7.74. The Morgan fingerprint density at radius 1 is 0.949 bits per heavy atom. The minimum Gasteiger partial charge on any atom is -0.497 e. The molecule has 8 heteroatoms. The van der Waals surface area contributed by atoms with Crippen LogP contribution in [0.1, 0.15) is 41.4 Å². The van der Waals surface area contributed by atoms with Gasteiger partial charge in [-0.1, -0.05) is 60.7 Å². The average molecular weight is 521 g/mol. The number of benzene rings is 3. The van der Waals surface area contributed by atoms with Gasteiger partial charge in [-0.3, -0.25) is 9.69 Å². The van der Waals surface area contributed by atoms with Crippen LogP contribution in [0, 0.1) is 5.92 Å². The van der Waals surface area contributed by atoms with E-state index in [0.29, 0.717) is 23.9 Å². The second kappa shape index (κ2) is 11.2. The molecule has 2 aromatic heterocycles. The van der Waals surface area contributed by atoms with E-state index < -0.39 is 0 Å². The van der Waals surface area contributed by atoms with Crippen molar-refractivity contribution in [3.05, 3.63) is 118 Å². The number of hydrogen-bond acceptors (Lipinski definition) is 6. The highest BCUT2D eigenvalue weighted by Crippen LogP contribution is 2.32. The maximum Gasteiger partial charge on any atom is 0.253 e. The number of ether oxygens (including phenoxy) is 1. The minimum atomic E-state index is -0.374. The molecule has 1 fully saturated rings. The lowest BCUT2D eigenvalue weighted by Gasteiger charge is -2.37. The van der Waals surface area contributed by atoms with E-state index in [-0.39, 0.29) is 11.6 Å². The topological polar surface area (TPSA) is 88.9 Å². The van der Waals surface area contributed by atoms with Crippen molar-refractivity contribution in [1.29, 1.82) is 0 Å². The van der Waals surface area contributed by atoms with Gasteiger partial charge in [0.15, 0.2) is 5.82 Å². The summed E-state index contributed by atoms with van der Waals surface area (Å²) < 4.78 is 7.27. The number of pyridine rings is 1. The molecule has 8 nitrogen and oxygen atoms in total. The molecule has 39 heavy (non-hydrogen) atoms. The zero-order chi connectivity index (χ0) is 26.6. The lowest BCUT2D eigenvalue weighted by atomic mass is 9.89. The number of tetrazole rings is 1. The van der Waals surface area contributed by atoms with E-state index in [1.807, 2.05) is 47.1 Å². The van der Waals surface area contributed by atoms with E-state index in [1.54, 1.807) is 7.11 Å². The van der Waals surface area contributed by atoms with E-state index in [0.717, 1.165) is 54.6 Å². The number of aromatic nitrogens is 5. The van der Waals surface area contributed by atoms with E-state index in [2.05, 4.69) is 67.9 Å². The molecule has 0 amide bonds. The fourth-order valence-corrected chi connectivity index (χ4v) is 5.67. The van der Waals surface area contributed by atoms with Crippen LogP contribution >= 0.6 is 0 Å². The minimum absolute atomic E-state index is 0.127. The lowest BCUT2D eigenvalue weighted by molar-refractivity contribution is 0.143. The molecule has 3 aromatic carbocycles. The number of piperidine rings is 1. The van der Waals surface area contributed by atoms with Crippen molar-refractivity contribution in [3.8, 4) is 5.75 Å². The number of nitrogens with zero attached hydrogens (tertiary/aromatic N) is 5. The predicted molar refractivity (Wildman–Crippen MR) is 151 cm³/mol. The van der Waals surface area contributed by atoms with Crippen molar-refractivity contribution in [3.63, 3.8) is 0 Å². The van der Waals surface area contributed by atoms with Crippen molar-refractivity contribution in [2.75, 3.05) is 20.2 Å². The van der Waals surface area contributed by atoms with Gasteiger partial charge in [0, 0.05) is 16.5 Å². The summed E-state index contributed by atoms with van der Waals surface area (Å²) in [5.74, 6) is 2.02. The van der Waals surface area contributed by atoms with Gasteiger partial charge in [0.1, 0.15) is 11.8 Å². The summed E-state index contributed by atoms with van der Waals surface area (Å²) in [5.41, 5.74) is 3.76. The molecule has 0 spiro atoms. The molecule has 5 aromatic rings. The van der Waals surface area contributed by atoms with Gasteiger partial charge < -0.3 is 9.72 Å². The Morgan fingerprint density at radius 2 is 1.67 bits per heavy atom. The fourth-order valence-electron chi connectivity index (χ4n) is 5.67. The first kappa shape index (κ1) is 25.0. The summed E-state index contributed by atoms with van der Waals surface area (Å²) in [7, 11) is 1.65. The van der Waals surface area contributed by atoms with Crippen molar-refractivity contribution in [1.82, 2.24) is 30.1 Å². The normalized spacial score (nSPS) is 15.4. The number of rotatable bonds is 8. The Balaban J connectivity index is 1.36. The number of methoxy groups -OCH3 is 1. The Kier molecular flexibility index (Phi) is 7.19. The quantitative estimate of drug-likeness (QED) is 0.321. The van der Waals surface area contributed by atoms with Crippen LogP contribution in [0.4, 0.5) is 0 Å². The molecule has 1 saturated heterocycles. The third-order valence-electron chi connectivity index (χ3n) is 7.74. The van der Waals surface area contributed by atoms with Gasteiger partial charge in [-0.25, -0.2) is 4.68 Å². The molecule has 0 radical (unpaired) electrons. The molecule has 198 valence electrons. The maximum absolute atomic E-state index is 13.6. The maximum atomic E-state index is 13.6. The average Bonchev–Trinajstić information content (AvgIpc) is 3.42. The Bertz CT molecular complexity index is 1590. The van der Waals surface area contributed by atoms with E-state index in [9.17, 15) is 4.79 Å². The van der Waals surface area contributed by atoms with Crippen LogP contribution in [0.2, 0.25) is 0 Å². The number of fused-ring (bicyclic) bond motifs is 1. The summed E-state index contributed by atoms with van der Waals surface area (Å²) in [6.45, 7) is 2.25. The van der Waals surface area contributed by atoms with Gasteiger partial charge >= 0.3 is 0 Å². The molecule has 1 aliphatic heterocycles. The molecule has 0 aliphatic carbocycles. The Hall–Kier alpha value is -4.30. The second-order valence-corrected chi connectivity index (χ2v) is 10.3. The van der Waals surface area contributed by atoms with Crippen LogP contribution < -0.4 is 10.3 Å². The molecule has 0 bridgehead atoms. The smallest absolute Gasteiger partial charge is 0.253 e. The number of nitrogens with one attached hydrogen (secondary N) is 1. The largest absolute Gasteiger partial charge is 0.497 e. The highest BCUT2D eigenvalue weighted by Gasteiger charge is 2.33. The van der Waals surface area contributed by atoms with Gasteiger partial charge in [-0.2, -0.15) is 0 Å². The number of hydrogen-bond donors (Lipinski definition) is 1. The van der Waals surface area contributed by atoms with Crippen LogP contribution in [0.15, 0.2) is 89.7 Å². The Labute approximate surface area is 227 Å². The molecule has 1 aliphatic rings. The molecular weight excluding hydrogens is 488 g/mol. The predicted octanol–water partition coefficient (Wildman–Crippen LogP) is 4.62. The summed E-state index contributed by atoms with van der Waals surface area (Å²) in [5, 5.41) is 13.8. The van der Waals surface area contributed by atoms with E-state index in [4.69, 9.17) is 4.74 Å². The van der Waals surface area contributed by atoms with E-state index >= 15 is 0 Å². The standard InChI is InChI=1S/C31H32N6O2/c1-39-26-12-13-28-25(19-26)20-27(31(38)32-28)29(30-33-34-35-37(30)21-24-10-6-3-7-11-24)36-16-14-23(15-17-36)18-22-8-4-2-5-9-22/h2-13,19-20,23,29H,14-18,21H2,1H3,(H,32,38)/t29-/m1/s1. The molecule has 0 saturated carbocycles. The molecule has 0 unspecified atom stereocenters. The Morgan fingerprint density at radius 3 is 2.38 bits per heavy atom. The molecule has 6 rings (SSSR count). The lowest BCUT2D eigenvalue weighted by Crippen LogP contribution is -2.41. The SMILES string of the molecule is COc1ccc2[nH]c(=O)c([C@H](c3nnnn3Cc3ccccc3)N3CCC(Cc4ccccc4)CC3)cc2c1. The van der Waals surface area contributed by atoms with Crippen molar-refractivity contribution >= 4 is 10.9 Å². The van der Waals surface area contributed by atoms with Crippen molar-refractivity contribution in [2.24, 2.45) is 5.92 Å². The van der Waals surface area contributed by atoms with Crippen molar-refractivity contribution < 1.29 is 4.74 Å². The first-order valence-electron chi connectivity index (χ1n) is 13.5. The molecule has 1 atom stereocenters. The molecule has 3 heterocycles. The van der Waals surface area contributed by atoms with Gasteiger partial charge in [-0.15, -0.1) is 5.10 Å². The summed E-state index contributed by atoms with van der Waals surface area (Å²) >= 11 is 0. The second-order valence-electron chi connectivity index (χ2n) is 10.3. The van der Waals surface area contributed by atoms with Crippen LogP contribution in [-0.2, 0) is 13.0 Å². The highest BCUT2D eigenvalue weighted by molar-refractivity contribution is 5.80. The molecular formula is C31H32N6O2. The zero-order valence-electron chi connectivity index (χ0n) is 22.0. The van der Waals surface area contributed by atoms with Gasteiger partial charge in [0.2, 0.25) is 0 Å². The van der Waals surface area contributed by atoms with Crippen molar-refractivity contribution in [2.45, 2.75) is 31.8 Å². The van der Waals surface area contributed by atoms with Crippen LogP contribution in [0.25, 0.3) is 10.9 Å².